The number of halogens is 3. The van der Waals surface area contributed by atoms with Gasteiger partial charge in [0.1, 0.15) is 5.75 Å². The van der Waals surface area contributed by atoms with E-state index in [2.05, 4.69) is 10.1 Å². The minimum Gasteiger partial charge on any atom is -0.405 e. The summed E-state index contributed by atoms with van der Waals surface area (Å²) in [5, 5.41) is 3.16. The van der Waals surface area contributed by atoms with Gasteiger partial charge < -0.3 is 10.1 Å². The largest absolute Gasteiger partial charge is 0.573 e. The Kier molecular flexibility index (Phi) is 5.89. The lowest BCUT2D eigenvalue weighted by atomic mass is 10.1. The topological polar surface area (TPSA) is 21.3 Å². The van der Waals surface area contributed by atoms with Gasteiger partial charge in [-0.25, -0.2) is 0 Å². The van der Waals surface area contributed by atoms with Crippen LogP contribution in [-0.2, 0) is 0 Å². The highest BCUT2D eigenvalue weighted by Gasteiger charge is 2.31. The van der Waals surface area contributed by atoms with Crippen LogP contribution in [0.2, 0.25) is 0 Å². The third-order valence-electron chi connectivity index (χ3n) is 2.56. The maximum absolute atomic E-state index is 12.3. The molecule has 0 aliphatic carbocycles. The highest BCUT2D eigenvalue weighted by molar-refractivity contribution is 5.60. The van der Waals surface area contributed by atoms with E-state index in [1.807, 2.05) is 13.8 Å². The molecule has 19 heavy (non-hydrogen) atoms. The Morgan fingerprint density at radius 3 is 2.53 bits per heavy atom. The van der Waals surface area contributed by atoms with Crippen LogP contribution in [0, 0.1) is 0 Å². The van der Waals surface area contributed by atoms with Crippen LogP contribution < -0.4 is 10.1 Å². The average molecular weight is 273 g/mol. The van der Waals surface area contributed by atoms with Crippen LogP contribution >= 0.6 is 0 Å². The van der Waals surface area contributed by atoms with Crippen molar-refractivity contribution in [3.05, 3.63) is 35.4 Å². The number of likely N-dealkylation sites (N-methyl/N-ethyl adjacent to an activating group) is 1. The minimum absolute atomic E-state index is 0.169. The van der Waals surface area contributed by atoms with Crippen molar-refractivity contribution in [1.82, 2.24) is 5.32 Å². The molecule has 1 aromatic carbocycles. The highest BCUT2D eigenvalue weighted by atomic mass is 19.4. The lowest BCUT2D eigenvalue weighted by Crippen LogP contribution is -2.18. The molecule has 2 nitrogen and oxygen atoms in total. The fourth-order valence-corrected chi connectivity index (χ4v) is 1.60. The molecule has 0 radical (unpaired) electrons. The number of rotatable bonds is 6. The summed E-state index contributed by atoms with van der Waals surface area (Å²) in [5.41, 5.74) is 1.47. The van der Waals surface area contributed by atoms with E-state index in [1.165, 1.54) is 12.1 Å². The van der Waals surface area contributed by atoms with Gasteiger partial charge in [0, 0.05) is 12.1 Å². The van der Waals surface area contributed by atoms with E-state index >= 15 is 0 Å². The third kappa shape index (κ3) is 5.79. The van der Waals surface area contributed by atoms with Crippen molar-refractivity contribution in [3.8, 4) is 5.75 Å². The average Bonchev–Trinajstić information content (AvgIpc) is 2.34. The molecule has 0 saturated heterocycles. The van der Waals surface area contributed by atoms with Gasteiger partial charge in [-0.2, -0.15) is 0 Å². The van der Waals surface area contributed by atoms with Crippen molar-refractivity contribution >= 4 is 6.08 Å². The van der Waals surface area contributed by atoms with Gasteiger partial charge in [0.2, 0.25) is 0 Å². The van der Waals surface area contributed by atoms with Gasteiger partial charge in [-0.1, -0.05) is 43.7 Å². The molecule has 1 aromatic rings. The van der Waals surface area contributed by atoms with Crippen LogP contribution in [0.15, 0.2) is 29.8 Å². The first-order valence-electron chi connectivity index (χ1n) is 6.21. The Hall–Kier alpha value is -1.49. The molecule has 0 amide bonds. The summed E-state index contributed by atoms with van der Waals surface area (Å²) < 4.78 is 40.9. The SMILES string of the molecule is CCNCC(=Cc1ccccc1OC(F)(F)F)CC. The van der Waals surface area contributed by atoms with Crippen molar-refractivity contribution < 1.29 is 17.9 Å². The molecule has 1 N–H and O–H groups in total. The van der Waals surface area contributed by atoms with Crippen LogP contribution in [-0.4, -0.2) is 19.5 Å². The number of para-hydroxylation sites is 1. The zero-order chi connectivity index (χ0) is 14.3. The fourth-order valence-electron chi connectivity index (χ4n) is 1.60. The van der Waals surface area contributed by atoms with Gasteiger partial charge >= 0.3 is 6.36 Å². The van der Waals surface area contributed by atoms with Gasteiger partial charge in [-0.15, -0.1) is 13.2 Å². The molecule has 0 spiro atoms. The Morgan fingerprint density at radius 2 is 1.95 bits per heavy atom. The number of benzene rings is 1. The molecule has 0 heterocycles. The lowest BCUT2D eigenvalue weighted by Gasteiger charge is -2.12. The third-order valence-corrected chi connectivity index (χ3v) is 2.56. The van der Waals surface area contributed by atoms with Gasteiger partial charge in [-0.3, -0.25) is 0 Å². The van der Waals surface area contributed by atoms with Crippen LogP contribution in [0.3, 0.4) is 0 Å². The van der Waals surface area contributed by atoms with Crippen molar-refractivity contribution in [2.24, 2.45) is 0 Å². The number of alkyl halides is 3. The molecule has 0 fully saturated rings. The van der Waals surface area contributed by atoms with Gasteiger partial charge in [0.25, 0.3) is 0 Å². The van der Waals surface area contributed by atoms with Crippen LogP contribution in [0.5, 0.6) is 5.75 Å². The first-order chi connectivity index (χ1) is 8.96. The molecule has 106 valence electrons. The summed E-state index contributed by atoms with van der Waals surface area (Å²) in [6.07, 6.45) is -2.16. The smallest absolute Gasteiger partial charge is 0.405 e. The first-order valence-corrected chi connectivity index (χ1v) is 6.21. The van der Waals surface area contributed by atoms with Crippen molar-refractivity contribution in [2.45, 2.75) is 26.6 Å². The summed E-state index contributed by atoms with van der Waals surface area (Å²) >= 11 is 0. The van der Waals surface area contributed by atoms with E-state index in [4.69, 9.17) is 0 Å². The summed E-state index contributed by atoms with van der Waals surface area (Å²) in [6.45, 7) is 5.43. The molecule has 0 bridgehead atoms. The van der Waals surface area contributed by atoms with E-state index < -0.39 is 6.36 Å². The minimum atomic E-state index is -4.67. The Balaban J connectivity index is 2.95. The number of nitrogens with one attached hydrogen (secondary N) is 1. The molecule has 0 aliphatic heterocycles. The molecular weight excluding hydrogens is 255 g/mol. The molecular formula is C14H18F3NO. The van der Waals surface area contributed by atoms with Crippen LogP contribution in [0.25, 0.3) is 6.08 Å². The Bertz CT molecular complexity index is 427. The number of hydrogen-bond acceptors (Lipinski definition) is 2. The normalized spacial score (nSPS) is 12.6. The number of hydrogen-bond donors (Lipinski definition) is 1. The molecule has 5 heteroatoms. The maximum atomic E-state index is 12.3. The lowest BCUT2D eigenvalue weighted by molar-refractivity contribution is -0.274. The second-order valence-electron chi connectivity index (χ2n) is 4.02. The summed E-state index contributed by atoms with van der Waals surface area (Å²) in [5.74, 6) is -0.169. The fraction of sp³-hybridized carbons (Fsp3) is 0.429. The zero-order valence-corrected chi connectivity index (χ0v) is 11.1. The molecule has 0 unspecified atom stereocenters. The zero-order valence-electron chi connectivity index (χ0n) is 11.1. The summed E-state index contributed by atoms with van der Waals surface area (Å²) in [4.78, 5) is 0. The number of ether oxygens (including phenoxy) is 1. The van der Waals surface area contributed by atoms with Crippen molar-refractivity contribution in [2.75, 3.05) is 13.1 Å². The molecule has 1 rings (SSSR count). The standard InChI is InChI=1S/C14H18F3NO/c1-3-11(10-18-4-2)9-12-7-5-6-8-13(12)19-14(15,16)17/h5-9,18H,3-4,10H2,1-2H3. The van der Waals surface area contributed by atoms with E-state index in [1.54, 1.807) is 18.2 Å². The monoisotopic (exact) mass is 273 g/mol. The van der Waals surface area contributed by atoms with Crippen LogP contribution in [0.1, 0.15) is 25.8 Å². The van der Waals surface area contributed by atoms with E-state index in [0.717, 1.165) is 18.5 Å². The van der Waals surface area contributed by atoms with Gasteiger partial charge in [-0.05, 0) is 19.0 Å². The molecule has 0 aliphatic rings. The molecule has 0 atom stereocenters. The van der Waals surface area contributed by atoms with Gasteiger partial charge in [0.15, 0.2) is 0 Å². The van der Waals surface area contributed by atoms with Crippen LogP contribution in [0.4, 0.5) is 13.2 Å². The quantitative estimate of drug-likeness (QED) is 0.846. The maximum Gasteiger partial charge on any atom is 0.573 e. The predicted molar refractivity (Wildman–Crippen MR) is 69.9 cm³/mol. The first kappa shape index (κ1) is 15.6. The Labute approximate surface area is 111 Å². The second-order valence-corrected chi connectivity index (χ2v) is 4.02. The Morgan fingerprint density at radius 1 is 1.26 bits per heavy atom. The molecule has 0 saturated carbocycles. The van der Waals surface area contributed by atoms with Crippen molar-refractivity contribution in [3.63, 3.8) is 0 Å². The molecule has 0 aromatic heterocycles. The summed E-state index contributed by atoms with van der Waals surface area (Å²) in [6, 6.07) is 6.15. The second kappa shape index (κ2) is 7.19. The van der Waals surface area contributed by atoms with E-state index in [9.17, 15) is 13.2 Å². The summed E-state index contributed by atoms with van der Waals surface area (Å²) in [7, 11) is 0. The van der Waals surface area contributed by atoms with E-state index in [-0.39, 0.29) is 5.75 Å². The van der Waals surface area contributed by atoms with Gasteiger partial charge in [0.05, 0.1) is 0 Å². The predicted octanol–water partition coefficient (Wildman–Crippen LogP) is 3.99. The van der Waals surface area contributed by atoms with Crippen molar-refractivity contribution in [1.29, 1.82) is 0 Å². The van der Waals surface area contributed by atoms with E-state index in [0.29, 0.717) is 12.1 Å². The highest BCUT2D eigenvalue weighted by Crippen LogP contribution is 2.27.